The van der Waals surface area contributed by atoms with Crippen LogP contribution in [0.3, 0.4) is 0 Å². The second kappa shape index (κ2) is 9.13. The van der Waals surface area contributed by atoms with E-state index in [1.165, 1.54) is 37.5 Å². The highest BCUT2D eigenvalue weighted by molar-refractivity contribution is 6.08. The van der Waals surface area contributed by atoms with Gasteiger partial charge in [0, 0.05) is 5.56 Å². The van der Waals surface area contributed by atoms with Crippen molar-refractivity contribution in [1.29, 1.82) is 0 Å². The van der Waals surface area contributed by atoms with Crippen LogP contribution in [0.25, 0.3) is 6.08 Å². The summed E-state index contributed by atoms with van der Waals surface area (Å²) < 4.78 is 17.2. The van der Waals surface area contributed by atoms with E-state index in [9.17, 15) is 25.2 Å². The fourth-order valence-corrected chi connectivity index (χ4v) is 3.53. The second-order valence-corrected chi connectivity index (χ2v) is 7.41. The number of hydrogen-bond acceptors (Lipinski definition) is 8. The van der Waals surface area contributed by atoms with Crippen LogP contribution in [0.1, 0.15) is 27.6 Å². The number of aromatic hydroxyl groups is 3. The van der Waals surface area contributed by atoms with Crippen LogP contribution >= 0.6 is 0 Å². The average Bonchev–Trinajstić information content (AvgIpc) is 2.83. The van der Waals surface area contributed by atoms with Crippen LogP contribution < -0.4 is 14.2 Å². The van der Waals surface area contributed by atoms with E-state index in [4.69, 9.17) is 14.2 Å². The summed E-state index contributed by atoms with van der Waals surface area (Å²) >= 11 is 0. The van der Waals surface area contributed by atoms with Gasteiger partial charge in [-0.1, -0.05) is 18.2 Å². The Morgan fingerprint density at radius 3 is 2.52 bits per heavy atom. The molecule has 170 valence electrons. The largest absolute Gasteiger partial charge is 0.508 e. The zero-order valence-corrected chi connectivity index (χ0v) is 17.6. The summed E-state index contributed by atoms with van der Waals surface area (Å²) in [6.45, 7) is -0.295. The van der Waals surface area contributed by atoms with E-state index in [0.29, 0.717) is 22.6 Å². The first-order chi connectivity index (χ1) is 15.9. The number of benzene rings is 3. The van der Waals surface area contributed by atoms with Crippen LogP contribution in [0, 0.1) is 0 Å². The van der Waals surface area contributed by atoms with E-state index in [-0.39, 0.29) is 35.2 Å². The Kier molecular flexibility index (Phi) is 6.10. The molecule has 0 spiro atoms. The summed E-state index contributed by atoms with van der Waals surface area (Å²) in [6, 6.07) is 13.5. The number of aliphatic hydroxyl groups excluding tert-OH is 1. The first kappa shape index (κ1) is 22.0. The molecule has 4 rings (SSSR count). The van der Waals surface area contributed by atoms with Gasteiger partial charge < -0.3 is 34.6 Å². The van der Waals surface area contributed by atoms with E-state index in [2.05, 4.69) is 0 Å². The Morgan fingerprint density at radius 2 is 1.76 bits per heavy atom. The number of methoxy groups -OCH3 is 1. The van der Waals surface area contributed by atoms with Crippen LogP contribution in [0.15, 0.2) is 60.7 Å². The maximum absolute atomic E-state index is 12.4. The summed E-state index contributed by atoms with van der Waals surface area (Å²) in [4.78, 5) is 12.4. The van der Waals surface area contributed by atoms with Crippen LogP contribution in [0.2, 0.25) is 0 Å². The Bertz CT molecular complexity index is 1220. The van der Waals surface area contributed by atoms with Crippen molar-refractivity contribution in [3.63, 3.8) is 0 Å². The van der Waals surface area contributed by atoms with Crippen molar-refractivity contribution in [2.24, 2.45) is 0 Å². The van der Waals surface area contributed by atoms with Gasteiger partial charge in [0.25, 0.3) is 0 Å². The van der Waals surface area contributed by atoms with Gasteiger partial charge >= 0.3 is 0 Å². The molecule has 3 aromatic rings. The lowest BCUT2D eigenvalue weighted by molar-refractivity contribution is -0.0124. The molecule has 2 unspecified atom stereocenters. The minimum Gasteiger partial charge on any atom is -0.508 e. The van der Waals surface area contributed by atoms with Crippen LogP contribution in [-0.2, 0) is 0 Å². The lowest BCUT2D eigenvalue weighted by atomic mass is 10.0. The standard InChI is InChI=1S/C25H22O8/c1-31-22-11-15(4-7-20(22)30)25-24(13-26)32-21-9-3-14(10-23(21)33-25)2-6-18(28)17-12-16(27)5-8-19(17)29/h2-12,24-27,29-30H,13H2,1H3/b6-2+. The van der Waals surface area contributed by atoms with Crippen LogP contribution in [0.5, 0.6) is 34.5 Å². The minimum atomic E-state index is -0.677. The molecule has 1 heterocycles. The summed E-state index contributed by atoms with van der Waals surface area (Å²) in [5, 5.41) is 39.1. The van der Waals surface area contributed by atoms with Gasteiger partial charge in [-0.3, -0.25) is 4.79 Å². The molecule has 0 fully saturated rings. The minimum absolute atomic E-state index is 0.0177. The maximum Gasteiger partial charge on any atom is 0.189 e. The molecule has 0 bridgehead atoms. The van der Waals surface area contributed by atoms with Gasteiger partial charge in [0.15, 0.2) is 41.0 Å². The van der Waals surface area contributed by atoms with E-state index < -0.39 is 18.0 Å². The summed E-state index contributed by atoms with van der Waals surface area (Å²) in [5.74, 6) is 0.258. The Balaban J connectivity index is 1.59. The molecule has 1 aliphatic rings. The maximum atomic E-state index is 12.4. The molecule has 0 aliphatic carbocycles. The lowest BCUT2D eigenvalue weighted by Crippen LogP contribution is -2.36. The fourth-order valence-electron chi connectivity index (χ4n) is 3.53. The number of phenolic OH excluding ortho intramolecular Hbond substituents is 3. The zero-order valence-electron chi connectivity index (χ0n) is 17.6. The number of allylic oxidation sites excluding steroid dienone is 1. The fraction of sp³-hybridized carbons (Fsp3) is 0.160. The quantitative estimate of drug-likeness (QED) is 0.255. The molecular formula is C25H22O8. The summed E-state index contributed by atoms with van der Waals surface area (Å²) in [7, 11) is 1.44. The molecule has 3 aromatic carbocycles. The van der Waals surface area contributed by atoms with E-state index in [0.717, 1.165) is 0 Å². The Labute approximate surface area is 189 Å². The molecule has 1 aliphatic heterocycles. The van der Waals surface area contributed by atoms with E-state index in [1.54, 1.807) is 36.4 Å². The molecule has 0 amide bonds. The Hall–Kier alpha value is -4.17. The lowest BCUT2D eigenvalue weighted by Gasteiger charge is -2.33. The van der Waals surface area contributed by atoms with Crippen molar-refractivity contribution < 1.29 is 39.4 Å². The summed E-state index contributed by atoms with van der Waals surface area (Å²) in [6.07, 6.45) is 1.48. The third-order valence-electron chi connectivity index (χ3n) is 5.22. The highest BCUT2D eigenvalue weighted by Crippen LogP contribution is 2.41. The van der Waals surface area contributed by atoms with Gasteiger partial charge in [-0.2, -0.15) is 0 Å². The van der Waals surface area contributed by atoms with Gasteiger partial charge in [0.2, 0.25) is 0 Å². The normalized spacial score (nSPS) is 17.2. The first-order valence-corrected chi connectivity index (χ1v) is 10.1. The van der Waals surface area contributed by atoms with Crippen molar-refractivity contribution in [1.82, 2.24) is 0 Å². The van der Waals surface area contributed by atoms with Gasteiger partial charge in [-0.15, -0.1) is 0 Å². The zero-order chi connectivity index (χ0) is 23.5. The monoisotopic (exact) mass is 450 g/mol. The van der Waals surface area contributed by atoms with E-state index in [1.807, 2.05) is 0 Å². The molecule has 0 saturated carbocycles. The van der Waals surface area contributed by atoms with Gasteiger partial charge in [-0.25, -0.2) is 0 Å². The average molecular weight is 450 g/mol. The smallest absolute Gasteiger partial charge is 0.189 e. The van der Waals surface area contributed by atoms with Crippen molar-refractivity contribution in [3.05, 3.63) is 77.4 Å². The first-order valence-electron chi connectivity index (χ1n) is 10.1. The topological polar surface area (TPSA) is 126 Å². The molecular weight excluding hydrogens is 428 g/mol. The molecule has 8 nitrogen and oxygen atoms in total. The number of ketones is 1. The molecule has 8 heteroatoms. The van der Waals surface area contributed by atoms with Crippen LogP contribution in [0.4, 0.5) is 0 Å². The second-order valence-electron chi connectivity index (χ2n) is 7.41. The van der Waals surface area contributed by atoms with Crippen molar-refractivity contribution in [2.45, 2.75) is 12.2 Å². The Morgan fingerprint density at radius 1 is 0.970 bits per heavy atom. The number of ether oxygens (including phenoxy) is 3. The molecule has 0 saturated heterocycles. The van der Waals surface area contributed by atoms with Gasteiger partial charge in [0.1, 0.15) is 11.5 Å². The number of hydrogen-bond donors (Lipinski definition) is 4. The highest BCUT2D eigenvalue weighted by atomic mass is 16.6. The molecule has 2 atom stereocenters. The molecule has 33 heavy (non-hydrogen) atoms. The number of aliphatic hydroxyl groups is 1. The van der Waals surface area contributed by atoms with Gasteiger partial charge in [0.05, 0.1) is 19.3 Å². The van der Waals surface area contributed by atoms with Gasteiger partial charge in [-0.05, 0) is 54.1 Å². The van der Waals surface area contributed by atoms with Crippen LogP contribution in [-0.4, -0.2) is 46.0 Å². The predicted molar refractivity (Wildman–Crippen MR) is 119 cm³/mol. The third-order valence-corrected chi connectivity index (χ3v) is 5.22. The molecule has 0 radical (unpaired) electrons. The predicted octanol–water partition coefficient (Wildman–Crippen LogP) is 3.58. The van der Waals surface area contributed by atoms with Crippen molar-refractivity contribution in [2.75, 3.05) is 13.7 Å². The van der Waals surface area contributed by atoms with Crippen molar-refractivity contribution >= 4 is 11.9 Å². The number of phenols is 3. The highest BCUT2D eigenvalue weighted by Gasteiger charge is 2.33. The van der Waals surface area contributed by atoms with Crippen molar-refractivity contribution in [3.8, 4) is 34.5 Å². The molecule has 0 aromatic heterocycles. The summed E-state index contributed by atoms with van der Waals surface area (Å²) in [5.41, 5.74) is 1.26. The van der Waals surface area contributed by atoms with E-state index >= 15 is 0 Å². The third kappa shape index (κ3) is 4.56. The number of carbonyl (C=O) groups excluding carboxylic acids is 1. The SMILES string of the molecule is COc1cc(C2Oc3cc(/C=C/C(=O)c4cc(O)ccc4O)ccc3OC2CO)ccc1O. The molecule has 4 N–H and O–H groups in total. The number of carbonyl (C=O) groups is 1. The number of rotatable bonds is 6. The number of fused-ring (bicyclic) bond motifs is 1.